The Bertz CT molecular complexity index is 927. The Labute approximate surface area is 198 Å². The van der Waals surface area contributed by atoms with E-state index in [4.69, 9.17) is 0 Å². The molecule has 5 rings (SSSR count). The minimum Gasteiger partial charge on any atom is -0.291 e. The fraction of sp³-hybridized carbons (Fsp3) is 0.226. The predicted molar refractivity (Wildman–Crippen MR) is 137 cm³/mol. The summed E-state index contributed by atoms with van der Waals surface area (Å²) < 4.78 is 0. The average molecular weight is 433 g/mol. The van der Waals surface area contributed by atoms with E-state index in [1.54, 1.807) is 0 Å². The van der Waals surface area contributed by atoms with Crippen LogP contribution in [0.15, 0.2) is 121 Å². The van der Waals surface area contributed by atoms with Gasteiger partial charge in [0.2, 0.25) is 0 Å². The van der Waals surface area contributed by atoms with Gasteiger partial charge in [-0.25, -0.2) is 0 Å². The molecule has 4 aromatic rings. The van der Waals surface area contributed by atoms with Crippen LogP contribution in [0.3, 0.4) is 0 Å². The third-order valence-corrected chi connectivity index (χ3v) is 6.76. The standard InChI is InChI=1S/C31H32N2/c1-5-14-26(15-6-1)30(27-16-7-2-8-17-27)32-22-13-23-33(25-24-32)31(28-18-9-3-10-19-28)29-20-11-4-12-21-29/h1-12,14-21,30-31H,13,22-25H2. The smallest absolute Gasteiger partial charge is 0.0602 e. The molecule has 0 N–H and O–H groups in total. The summed E-state index contributed by atoms with van der Waals surface area (Å²) in [6.45, 7) is 4.29. The van der Waals surface area contributed by atoms with Crippen molar-refractivity contribution in [3.63, 3.8) is 0 Å². The summed E-state index contributed by atoms with van der Waals surface area (Å²) in [5, 5.41) is 0. The topological polar surface area (TPSA) is 6.48 Å². The average Bonchev–Trinajstić information content (AvgIpc) is 3.13. The van der Waals surface area contributed by atoms with E-state index in [2.05, 4.69) is 131 Å². The number of rotatable bonds is 6. The van der Waals surface area contributed by atoms with Crippen LogP contribution in [0.4, 0.5) is 0 Å². The van der Waals surface area contributed by atoms with Crippen molar-refractivity contribution in [2.24, 2.45) is 0 Å². The molecule has 1 fully saturated rings. The van der Waals surface area contributed by atoms with Gasteiger partial charge in [-0.3, -0.25) is 9.80 Å². The molecule has 33 heavy (non-hydrogen) atoms. The van der Waals surface area contributed by atoms with Gasteiger partial charge in [-0.05, 0) is 28.7 Å². The molecule has 1 saturated heterocycles. The minimum atomic E-state index is 0.291. The highest BCUT2D eigenvalue weighted by Gasteiger charge is 2.28. The lowest BCUT2D eigenvalue weighted by molar-refractivity contribution is 0.205. The van der Waals surface area contributed by atoms with Crippen molar-refractivity contribution in [3.8, 4) is 0 Å². The van der Waals surface area contributed by atoms with E-state index in [-0.39, 0.29) is 0 Å². The van der Waals surface area contributed by atoms with Crippen molar-refractivity contribution in [2.45, 2.75) is 18.5 Å². The Morgan fingerprint density at radius 2 is 0.636 bits per heavy atom. The molecule has 1 aliphatic rings. The van der Waals surface area contributed by atoms with Gasteiger partial charge in [-0.2, -0.15) is 0 Å². The molecular formula is C31H32N2. The van der Waals surface area contributed by atoms with Gasteiger partial charge in [0.15, 0.2) is 0 Å². The van der Waals surface area contributed by atoms with Crippen LogP contribution in [0.1, 0.15) is 40.8 Å². The van der Waals surface area contributed by atoms with Crippen molar-refractivity contribution >= 4 is 0 Å². The van der Waals surface area contributed by atoms with Gasteiger partial charge in [0.25, 0.3) is 0 Å². The maximum Gasteiger partial charge on any atom is 0.0602 e. The van der Waals surface area contributed by atoms with E-state index in [0.29, 0.717) is 12.1 Å². The van der Waals surface area contributed by atoms with Crippen LogP contribution in [0.25, 0.3) is 0 Å². The summed E-state index contributed by atoms with van der Waals surface area (Å²) in [6, 6.07) is 44.5. The van der Waals surface area contributed by atoms with E-state index < -0.39 is 0 Å². The Hall–Kier alpha value is -3.20. The number of hydrogen-bond donors (Lipinski definition) is 0. The first kappa shape index (κ1) is 21.6. The normalized spacial score (nSPS) is 15.6. The van der Waals surface area contributed by atoms with E-state index in [9.17, 15) is 0 Å². The summed E-state index contributed by atoms with van der Waals surface area (Å²) in [4.78, 5) is 5.36. The zero-order valence-electron chi connectivity index (χ0n) is 19.1. The number of hydrogen-bond acceptors (Lipinski definition) is 2. The summed E-state index contributed by atoms with van der Waals surface area (Å²) in [6.07, 6.45) is 1.16. The van der Waals surface area contributed by atoms with E-state index >= 15 is 0 Å². The van der Waals surface area contributed by atoms with Gasteiger partial charge in [-0.15, -0.1) is 0 Å². The summed E-state index contributed by atoms with van der Waals surface area (Å²) in [5.74, 6) is 0. The minimum absolute atomic E-state index is 0.291. The molecule has 0 amide bonds. The molecule has 166 valence electrons. The molecule has 0 unspecified atom stereocenters. The van der Waals surface area contributed by atoms with Gasteiger partial charge in [0.05, 0.1) is 12.1 Å². The van der Waals surface area contributed by atoms with Crippen LogP contribution >= 0.6 is 0 Å². The van der Waals surface area contributed by atoms with Gasteiger partial charge in [-0.1, -0.05) is 121 Å². The van der Waals surface area contributed by atoms with Crippen molar-refractivity contribution in [3.05, 3.63) is 144 Å². The first-order valence-electron chi connectivity index (χ1n) is 12.1. The fourth-order valence-electron chi connectivity index (χ4n) is 5.24. The zero-order chi connectivity index (χ0) is 22.3. The molecular weight excluding hydrogens is 400 g/mol. The first-order chi connectivity index (χ1) is 16.4. The van der Waals surface area contributed by atoms with E-state index in [1.165, 1.54) is 22.3 Å². The zero-order valence-corrected chi connectivity index (χ0v) is 19.1. The molecule has 0 spiro atoms. The van der Waals surface area contributed by atoms with Crippen LogP contribution < -0.4 is 0 Å². The van der Waals surface area contributed by atoms with Crippen LogP contribution in [0.2, 0.25) is 0 Å². The summed E-state index contributed by atoms with van der Waals surface area (Å²) in [7, 11) is 0. The lowest BCUT2D eigenvalue weighted by atomic mass is 9.96. The van der Waals surface area contributed by atoms with Crippen LogP contribution in [-0.4, -0.2) is 36.0 Å². The Morgan fingerprint density at radius 1 is 0.364 bits per heavy atom. The van der Waals surface area contributed by atoms with Crippen LogP contribution in [0, 0.1) is 0 Å². The van der Waals surface area contributed by atoms with Crippen LogP contribution in [0.5, 0.6) is 0 Å². The molecule has 1 aliphatic heterocycles. The second kappa shape index (κ2) is 10.6. The van der Waals surface area contributed by atoms with E-state index in [0.717, 1.165) is 32.6 Å². The van der Waals surface area contributed by atoms with Crippen molar-refractivity contribution in [2.75, 3.05) is 26.2 Å². The van der Waals surface area contributed by atoms with Crippen molar-refractivity contribution in [1.29, 1.82) is 0 Å². The summed E-state index contributed by atoms with van der Waals surface area (Å²) >= 11 is 0. The third kappa shape index (κ3) is 5.08. The second-order valence-corrected chi connectivity index (χ2v) is 8.87. The SMILES string of the molecule is c1ccc(C(c2ccccc2)N2CCCN(C(c3ccccc3)c3ccccc3)CC2)cc1. The maximum absolute atomic E-state index is 2.68. The predicted octanol–water partition coefficient (Wildman–Crippen LogP) is 6.57. The van der Waals surface area contributed by atoms with Gasteiger partial charge in [0.1, 0.15) is 0 Å². The Morgan fingerprint density at radius 3 is 0.909 bits per heavy atom. The van der Waals surface area contributed by atoms with Gasteiger partial charge < -0.3 is 0 Å². The monoisotopic (exact) mass is 432 g/mol. The molecule has 0 radical (unpaired) electrons. The lowest BCUT2D eigenvalue weighted by Gasteiger charge is -2.33. The maximum atomic E-state index is 2.68. The summed E-state index contributed by atoms with van der Waals surface area (Å²) in [5.41, 5.74) is 5.50. The van der Waals surface area contributed by atoms with Crippen molar-refractivity contribution in [1.82, 2.24) is 9.80 Å². The highest BCUT2D eigenvalue weighted by Crippen LogP contribution is 2.33. The molecule has 0 atom stereocenters. The van der Waals surface area contributed by atoms with Crippen LogP contribution in [-0.2, 0) is 0 Å². The quantitative estimate of drug-likeness (QED) is 0.340. The number of benzene rings is 4. The molecule has 2 nitrogen and oxygen atoms in total. The van der Waals surface area contributed by atoms with Crippen molar-refractivity contribution < 1.29 is 0 Å². The molecule has 0 saturated carbocycles. The highest BCUT2D eigenvalue weighted by atomic mass is 15.2. The third-order valence-electron chi connectivity index (χ3n) is 6.76. The second-order valence-electron chi connectivity index (χ2n) is 8.87. The van der Waals surface area contributed by atoms with E-state index in [1.807, 2.05) is 0 Å². The van der Waals surface area contributed by atoms with Gasteiger partial charge in [0, 0.05) is 26.2 Å². The Balaban J connectivity index is 1.43. The molecule has 0 aromatic heterocycles. The molecule has 0 bridgehead atoms. The highest BCUT2D eigenvalue weighted by molar-refractivity contribution is 5.33. The largest absolute Gasteiger partial charge is 0.291 e. The molecule has 0 aliphatic carbocycles. The van der Waals surface area contributed by atoms with Gasteiger partial charge >= 0.3 is 0 Å². The molecule has 2 heteroatoms. The fourth-order valence-corrected chi connectivity index (χ4v) is 5.24. The molecule has 4 aromatic carbocycles. The molecule has 1 heterocycles. The lowest BCUT2D eigenvalue weighted by Crippen LogP contribution is -2.36. The first-order valence-corrected chi connectivity index (χ1v) is 12.1. The Kier molecular flexibility index (Phi) is 6.96. The number of nitrogens with zero attached hydrogens (tertiary/aromatic N) is 2.